The van der Waals surface area contributed by atoms with Gasteiger partial charge in [-0.1, -0.05) is 46.3 Å². The average Bonchev–Trinajstić information content (AvgIpc) is 2.63. The zero-order valence-electron chi connectivity index (χ0n) is 14.9. The largest absolute Gasteiger partial charge is 0.488 e. The van der Waals surface area contributed by atoms with Gasteiger partial charge in [0.2, 0.25) is 0 Å². The van der Waals surface area contributed by atoms with Crippen LogP contribution in [0.3, 0.4) is 0 Å². The third-order valence-corrected chi connectivity index (χ3v) is 5.54. The van der Waals surface area contributed by atoms with E-state index in [0.29, 0.717) is 6.61 Å². The summed E-state index contributed by atoms with van der Waals surface area (Å²) in [6, 6.07) is 20.7. The van der Waals surface area contributed by atoms with Crippen molar-refractivity contribution in [3.8, 4) is 5.75 Å². The Kier molecular flexibility index (Phi) is 6.38. The van der Waals surface area contributed by atoms with Gasteiger partial charge in [-0.2, -0.15) is 0 Å². The van der Waals surface area contributed by atoms with Gasteiger partial charge in [0.15, 0.2) is 0 Å². The van der Waals surface area contributed by atoms with Gasteiger partial charge in [-0.3, -0.25) is 0 Å². The molecule has 134 valence electrons. The van der Waals surface area contributed by atoms with E-state index in [-0.39, 0.29) is 0 Å². The van der Waals surface area contributed by atoms with Crippen LogP contribution in [0.15, 0.2) is 69.6 Å². The summed E-state index contributed by atoms with van der Waals surface area (Å²) in [5.41, 5.74) is 6.11. The van der Waals surface area contributed by atoms with Crippen molar-refractivity contribution in [2.45, 2.75) is 27.0 Å². The number of rotatable bonds is 6. The van der Waals surface area contributed by atoms with Gasteiger partial charge in [0.25, 0.3) is 0 Å². The molecule has 0 bridgehead atoms. The molecular weight excluding hydrogens is 454 g/mol. The Labute approximate surface area is 171 Å². The molecule has 3 rings (SSSR count). The van der Waals surface area contributed by atoms with Crippen molar-refractivity contribution >= 4 is 37.5 Å². The minimum absolute atomic E-state index is 0.548. The highest BCUT2D eigenvalue weighted by Gasteiger charge is 2.05. The van der Waals surface area contributed by atoms with Crippen molar-refractivity contribution in [2.75, 3.05) is 5.32 Å². The Balaban J connectivity index is 1.61. The minimum Gasteiger partial charge on any atom is -0.488 e. The van der Waals surface area contributed by atoms with Gasteiger partial charge >= 0.3 is 0 Å². The van der Waals surface area contributed by atoms with Crippen LogP contribution in [-0.4, -0.2) is 0 Å². The van der Waals surface area contributed by atoms with E-state index in [0.717, 1.165) is 26.8 Å². The third-order valence-electron chi connectivity index (χ3n) is 4.39. The Morgan fingerprint density at radius 3 is 2.35 bits per heavy atom. The summed E-state index contributed by atoms with van der Waals surface area (Å²) in [6.45, 7) is 5.60. The molecule has 2 nitrogen and oxygen atoms in total. The first-order valence-corrected chi connectivity index (χ1v) is 10.1. The first kappa shape index (κ1) is 19.0. The van der Waals surface area contributed by atoms with Gasteiger partial charge in [-0.15, -0.1) is 0 Å². The molecular formula is C22H21Br2NO. The summed E-state index contributed by atoms with van der Waals surface area (Å²) in [7, 11) is 0. The number of anilines is 1. The van der Waals surface area contributed by atoms with Crippen LogP contribution in [0, 0.1) is 13.8 Å². The number of hydrogen-bond acceptors (Lipinski definition) is 2. The zero-order valence-corrected chi connectivity index (χ0v) is 18.0. The molecule has 3 aromatic rings. The summed E-state index contributed by atoms with van der Waals surface area (Å²) in [5.74, 6) is 0.850. The molecule has 0 aliphatic carbocycles. The quantitative estimate of drug-likeness (QED) is 0.414. The highest BCUT2D eigenvalue weighted by molar-refractivity contribution is 9.10. The second kappa shape index (κ2) is 8.74. The highest BCUT2D eigenvalue weighted by atomic mass is 79.9. The Hall–Kier alpha value is -1.78. The van der Waals surface area contributed by atoms with Gasteiger partial charge in [0.05, 0.1) is 4.47 Å². The molecule has 0 atom stereocenters. The Morgan fingerprint density at radius 1 is 0.885 bits per heavy atom. The summed E-state index contributed by atoms with van der Waals surface area (Å²) in [5, 5.41) is 3.51. The smallest absolute Gasteiger partial charge is 0.134 e. The van der Waals surface area contributed by atoms with Crippen molar-refractivity contribution in [1.82, 2.24) is 0 Å². The molecule has 0 radical (unpaired) electrons. The standard InChI is InChI=1S/C22H21Br2NO/c1-15-4-3-5-21(16(15)2)25-13-18-8-11-22(20(24)12-18)26-14-17-6-9-19(23)10-7-17/h3-12,25H,13-14H2,1-2H3. The maximum atomic E-state index is 5.93. The molecule has 0 unspecified atom stereocenters. The van der Waals surface area contributed by atoms with Crippen LogP contribution in [0.2, 0.25) is 0 Å². The van der Waals surface area contributed by atoms with E-state index in [2.05, 4.69) is 93.5 Å². The summed E-state index contributed by atoms with van der Waals surface area (Å²) < 4.78 is 7.97. The first-order valence-electron chi connectivity index (χ1n) is 8.48. The van der Waals surface area contributed by atoms with Gasteiger partial charge in [0.1, 0.15) is 12.4 Å². The average molecular weight is 475 g/mol. The maximum absolute atomic E-state index is 5.93. The molecule has 1 N–H and O–H groups in total. The minimum atomic E-state index is 0.548. The molecule has 0 aliphatic heterocycles. The van der Waals surface area contributed by atoms with Crippen LogP contribution in [0.5, 0.6) is 5.75 Å². The lowest BCUT2D eigenvalue weighted by molar-refractivity contribution is 0.304. The summed E-state index contributed by atoms with van der Waals surface area (Å²) >= 11 is 7.07. The molecule has 0 amide bonds. The summed E-state index contributed by atoms with van der Waals surface area (Å²) in [6.07, 6.45) is 0. The second-order valence-electron chi connectivity index (χ2n) is 6.28. The second-order valence-corrected chi connectivity index (χ2v) is 8.05. The summed E-state index contributed by atoms with van der Waals surface area (Å²) in [4.78, 5) is 0. The number of nitrogens with one attached hydrogen (secondary N) is 1. The van der Waals surface area contributed by atoms with Crippen molar-refractivity contribution in [3.63, 3.8) is 0 Å². The van der Waals surface area contributed by atoms with Crippen LogP contribution < -0.4 is 10.1 Å². The number of benzene rings is 3. The molecule has 26 heavy (non-hydrogen) atoms. The fourth-order valence-corrected chi connectivity index (χ4v) is 3.46. The maximum Gasteiger partial charge on any atom is 0.134 e. The van der Waals surface area contributed by atoms with Crippen molar-refractivity contribution in [1.29, 1.82) is 0 Å². The van der Waals surface area contributed by atoms with Crippen molar-refractivity contribution in [2.24, 2.45) is 0 Å². The Morgan fingerprint density at radius 2 is 1.62 bits per heavy atom. The molecule has 0 fully saturated rings. The number of hydrogen-bond donors (Lipinski definition) is 1. The third kappa shape index (κ3) is 4.89. The molecule has 0 aromatic heterocycles. The molecule has 0 saturated heterocycles. The van der Waals surface area contributed by atoms with Gasteiger partial charge in [-0.05, 0) is 82.4 Å². The molecule has 0 spiro atoms. The van der Waals surface area contributed by atoms with Crippen LogP contribution in [0.25, 0.3) is 0 Å². The van der Waals surface area contributed by atoms with E-state index >= 15 is 0 Å². The van der Waals surface area contributed by atoms with Crippen LogP contribution in [-0.2, 0) is 13.2 Å². The van der Waals surface area contributed by atoms with E-state index < -0.39 is 0 Å². The van der Waals surface area contributed by atoms with E-state index in [1.54, 1.807) is 0 Å². The van der Waals surface area contributed by atoms with E-state index in [1.807, 2.05) is 18.2 Å². The van der Waals surface area contributed by atoms with Gasteiger partial charge in [0, 0.05) is 16.7 Å². The van der Waals surface area contributed by atoms with Gasteiger partial charge in [-0.25, -0.2) is 0 Å². The fourth-order valence-electron chi connectivity index (χ4n) is 2.65. The van der Waals surface area contributed by atoms with Crippen LogP contribution in [0.1, 0.15) is 22.3 Å². The molecule has 4 heteroatoms. The molecule has 0 heterocycles. The van der Waals surface area contributed by atoms with Crippen LogP contribution in [0.4, 0.5) is 5.69 Å². The first-order chi connectivity index (χ1) is 12.5. The predicted octanol–water partition coefficient (Wildman–Crippen LogP) is 7.02. The van der Waals surface area contributed by atoms with E-state index in [1.165, 1.54) is 22.4 Å². The Bertz CT molecular complexity index is 891. The van der Waals surface area contributed by atoms with E-state index in [9.17, 15) is 0 Å². The lowest BCUT2D eigenvalue weighted by atomic mass is 10.1. The predicted molar refractivity (Wildman–Crippen MR) is 116 cm³/mol. The SMILES string of the molecule is Cc1cccc(NCc2ccc(OCc3ccc(Br)cc3)c(Br)c2)c1C. The monoisotopic (exact) mass is 473 g/mol. The van der Waals surface area contributed by atoms with Crippen molar-refractivity contribution in [3.05, 3.63) is 91.9 Å². The zero-order chi connectivity index (χ0) is 18.5. The molecule has 0 saturated carbocycles. The number of aryl methyl sites for hydroxylation is 1. The topological polar surface area (TPSA) is 21.3 Å². The number of ether oxygens (including phenoxy) is 1. The van der Waals surface area contributed by atoms with E-state index in [4.69, 9.17) is 4.74 Å². The fraction of sp³-hybridized carbons (Fsp3) is 0.182. The lowest BCUT2D eigenvalue weighted by Gasteiger charge is -2.13. The van der Waals surface area contributed by atoms with Crippen LogP contribution >= 0.6 is 31.9 Å². The van der Waals surface area contributed by atoms with Gasteiger partial charge < -0.3 is 10.1 Å². The molecule has 3 aromatic carbocycles. The van der Waals surface area contributed by atoms with Crippen molar-refractivity contribution < 1.29 is 4.74 Å². The molecule has 0 aliphatic rings. The lowest BCUT2D eigenvalue weighted by Crippen LogP contribution is -2.02. The normalized spacial score (nSPS) is 10.6. The highest BCUT2D eigenvalue weighted by Crippen LogP contribution is 2.28. The number of halogens is 2.